The maximum Gasteiger partial charge on any atom is 0.332 e. The highest BCUT2D eigenvalue weighted by molar-refractivity contribution is 5.97. The molecule has 10 heteroatoms. The first-order valence-electron chi connectivity index (χ1n) is 12.6. The maximum atomic E-state index is 15.5. The van der Waals surface area contributed by atoms with Gasteiger partial charge in [-0.25, -0.2) is 13.6 Å². The van der Waals surface area contributed by atoms with Gasteiger partial charge < -0.3 is 10.1 Å². The second-order valence-electron chi connectivity index (χ2n) is 10.2. The molecule has 5 atom stereocenters. The molecule has 5 rings (SSSR count). The van der Waals surface area contributed by atoms with E-state index in [2.05, 4.69) is 21.5 Å². The molecule has 1 N–H and O–H groups in total. The third-order valence-electron chi connectivity index (χ3n) is 7.82. The summed E-state index contributed by atoms with van der Waals surface area (Å²) >= 11 is 0. The summed E-state index contributed by atoms with van der Waals surface area (Å²) in [7, 11) is 1.63. The van der Waals surface area contributed by atoms with Gasteiger partial charge >= 0.3 is 5.97 Å². The number of halogens is 2. The summed E-state index contributed by atoms with van der Waals surface area (Å²) in [5.74, 6) is -7.50. The van der Waals surface area contributed by atoms with Gasteiger partial charge in [0.15, 0.2) is 5.54 Å². The van der Waals surface area contributed by atoms with Crippen LogP contribution in [0.5, 0.6) is 0 Å². The minimum Gasteiger partial charge on any atom is -0.460 e. The number of alkyl halides is 2. The first-order chi connectivity index (χ1) is 18.6. The summed E-state index contributed by atoms with van der Waals surface area (Å²) in [6.07, 6.45) is 4.89. The predicted octanol–water partition coefficient (Wildman–Crippen LogP) is 4.39. The maximum absolute atomic E-state index is 15.5. The van der Waals surface area contributed by atoms with E-state index in [9.17, 15) is 14.9 Å². The Morgan fingerprint density at radius 3 is 2.67 bits per heavy atom. The van der Waals surface area contributed by atoms with Crippen molar-refractivity contribution in [3.63, 3.8) is 0 Å². The molecule has 1 saturated heterocycles. The fourth-order valence-corrected chi connectivity index (χ4v) is 5.81. The van der Waals surface area contributed by atoms with Crippen molar-refractivity contribution in [3.8, 4) is 17.2 Å². The quantitative estimate of drug-likeness (QED) is 0.489. The van der Waals surface area contributed by atoms with Crippen LogP contribution in [0.25, 0.3) is 17.2 Å². The zero-order valence-corrected chi connectivity index (χ0v) is 21.6. The van der Waals surface area contributed by atoms with E-state index in [4.69, 9.17) is 4.74 Å². The fraction of sp³-hybridized carbons (Fsp3) is 0.345. The lowest BCUT2D eigenvalue weighted by Gasteiger charge is -2.47. The number of benzene rings is 1. The number of carbonyl (C=O) groups excluding carboxylic acids is 2. The third-order valence-corrected chi connectivity index (χ3v) is 7.82. The zero-order chi connectivity index (χ0) is 27.9. The molecule has 0 unspecified atom stereocenters. The molecule has 200 valence electrons. The minimum atomic E-state index is -3.26. The van der Waals surface area contributed by atoms with Crippen LogP contribution in [0.2, 0.25) is 0 Å². The first kappa shape index (κ1) is 26.2. The first-order valence-corrected chi connectivity index (χ1v) is 12.6. The van der Waals surface area contributed by atoms with Crippen LogP contribution in [0.1, 0.15) is 42.0 Å². The number of nitrogens with one attached hydrogen (secondary N) is 1. The second kappa shape index (κ2) is 9.73. The van der Waals surface area contributed by atoms with Crippen molar-refractivity contribution < 1.29 is 23.1 Å². The van der Waals surface area contributed by atoms with E-state index in [-0.39, 0.29) is 5.69 Å². The van der Waals surface area contributed by atoms with Gasteiger partial charge in [-0.1, -0.05) is 37.3 Å². The summed E-state index contributed by atoms with van der Waals surface area (Å²) < 4.78 is 37.8. The Morgan fingerprint density at radius 1 is 1.23 bits per heavy atom. The highest BCUT2D eigenvalue weighted by atomic mass is 19.3. The number of cyclic esters (lactones) is 1. The van der Waals surface area contributed by atoms with Crippen molar-refractivity contribution in [2.75, 3.05) is 0 Å². The molecule has 8 nitrogen and oxygen atoms in total. The van der Waals surface area contributed by atoms with Crippen molar-refractivity contribution in [1.82, 2.24) is 20.1 Å². The molecular weight excluding hydrogens is 504 g/mol. The van der Waals surface area contributed by atoms with E-state index >= 15 is 8.78 Å². The van der Waals surface area contributed by atoms with Crippen LogP contribution in [0.15, 0.2) is 60.9 Å². The lowest BCUT2D eigenvalue weighted by Crippen LogP contribution is -2.66. The van der Waals surface area contributed by atoms with Gasteiger partial charge in [-0.05, 0) is 37.1 Å². The molecule has 3 aromatic rings. The number of hydrogen-bond donors (Lipinski definition) is 1. The van der Waals surface area contributed by atoms with E-state index < -0.39 is 53.6 Å². The number of aromatic nitrogens is 3. The largest absolute Gasteiger partial charge is 0.460 e. The average molecular weight is 532 g/mol. The van der Waals surface area contributed by atoms with Crippen molar-refractivity contribution in [2.24, 2.45) is 24.8 Å². The summed E-state index contributed by atoms with van der Waals surface area (Å²) in [5.41, 5.74) is 0.653. The molecule has 2 aromatic heterocycles. The predicted molar refractivity (Wildman–Crippen MR) is 138 cm³/mol. The molecule has 0 spiro atoms. The van der Waals surface area contributed by atoms with Crippen LogP contribution in [-0.2, 0) is 16.6 Å². The Labute approximate surface area is 224 Å². The number of aryl methyl sites for hydroxylation is 1. The monoisotopic (exact) mass is 531 g/mol. The second-order valence-corrected chi connectivity index (χ2v) is 10.2. The van der Waals surface area contributed by atoms with Gasteiger partial charge in [-0.15, -0.1) is 0 Å². The SMILES string of the molecule is C[C@H]1OC(=O)[C@]2(NC(=O)c3ccn(C)n3)CC(F)(F)[C@@H](C)[C@H](/C=C/c3ccc(-c4ccccc4C#N)cn3)[C@H]12. The summed E-state index contributed by atoms with van der Waals surface area (Å²) in [5, 5.41) is 16.0. The van der Waals surface area contributed by atoms with Crippen LogP contribution in [0, 0.1) is 29.1 Å². The smallest absolute Gasteiger partial charge is 0.332 e. The normalized spacial score (nSPS) is 27.5. The van der Waals surface area contributed by atoms with Gasteiger partial charge in [0.25, 0.3) is 11.8 Å². The number of nitrogens with zero attached hydrogens (tertiary/aromatic N) is 4. The fourth-order valence-electron chi connectivity index (χ4n) is 5.81. The zero-order valence-electron chi connectivity index (χ0n) is 21.6. The summed E-state index contributed by atoms with van der Waals surface area (Å²) in [6.45, 7) is 3.11. The number of fused-ring (bicyclic) bond motifs is 1. The van der Waals surface area contributed by atoms with Gasteiger partial charge in [0, 0.05) is 48.8 Å². The van der Waals surface area contributed by atoms with E-state index in [0.717, 1.165) is 11.1 Å². The molecule has 2 fully saturated rings. The molecule has 3 heterocycles. The average Bonchev–Trinajstić information content (AvgIpc) is 3.45. The standard InChI is InChI=1S/C29H27F2N5O3/c1-17-22(11-10-21-9-8-20(15-33-21)23-7-5-4-6-19(23)14-32)25-18(2)39-27(38)28(25,16-29(17,30)31)34-26(37)24-12-13-36(3)35-24/h4-13,15,17-18,22,25H,16H2,1-3H3,(H,34,37)/b11-10+/t17-,18+,22-,25-,28-/m0/s1. The molecule has 0 radical (unpaired) electrons. The molecule has 1 amide bonds. The number of amides is 1. The van der Waals surface area contributed by atoms with Gasteiger partial charge in [-0.2, -0.15) is 10.4 Å². The number of ether oxygens (including phenoxy) is 1. The van der Waals surface area contributed by atoms with Gasteiger partial charge in [0.1, 0.15) is 11.8 Å². The lowest BCUT2D eigenvalue weighted by atomic mass is 9.60. The van der Waals surface area contributed by atoms with E-state index in [1.807, 2.05) is 18.2 Å². The Hall–Kier alpha value is -4.39. The molecule has 39 heavy (non-hydrogen) atoms. The van der Waals surface area contributed by atoms with Crippen molar-refractivity contribution in [2.45, 2.75) is 37.8 Å². The van der Waals surface area contributed by atoms with Crippen molar-refractivity contribution in [1.29, 1.82) is 5.26 Å². The van der Waals surface area contributed by atoms with Crippen LogP contribution in [0.4, 0.5) is 8.78 Å². The third kappa shape index (κ3) is 4.58. The molecule has 1 saturated carbocycles. The van der Waals surface area contributed by atoms with Crippen LogP contribution in [0.3, 0.4) is 0 Å². The number of pyridine rings is 1. The summed E-state index contributed by atoms with van der Waals surface area (Å²) in [6, 6.07) is 14.3. The van der Waals surface area contributed by atoms with Gasteiger partial charge in [0.2, 0.25) is 0 Å². The highest BCUT2D eigenvalue weighted by Gasteiger charge is 2.68. The topological polar surface area (TPSA) is 110 Å². The molecular formula is C29H27F2N5O3. The highest BCUT2D eigenvalue weighted by Crippen LogP contribution is 2.55. The van der Waals surface area contributed by atoms with Gasteiger partial charge in [0.05, 0.1) is 17.3 Å². The summed E-state index contributed by atoms with van der Waals surface area (Å²) in [4.78, 5) is 30.5. The number of rotatable bonds is 5. The van der Waals surface area contributed by atoms with Crippen LogP contribution in [-0.4, -0.2) is 44.2 Å². The van der Waals surface area contributed by atoms with Crippen LogP contribution < -0.4 is 5.32 Å². The van der Waals surface area contributed by atoms with E-state index in [1.165, 1.54) is 17.7 Å². The van der Waals surface area contributed by atoms with Gasteiger partial charge in [-0.3, -0.25) is 14.5 Å². The molecule has 1 aliphatic carbocycles. The molecule has 1 aliphatic heterocycles. The number of carbonyl (C=O) groups is 2. The number of esters is 1. The van der Waals surface area contributed by atoms with E-state index in [1.54, 1.807) is 56.7 Å². The number of nitriles is 1. The Kier molecular flexibility index (Phi) is 6.54. The Bertz CT molecular complexity index is 1490. The number of hydrogen-bond acceptors (Lipinski definition) is 6. The molecule has 1 aromatic carbocycles. The molecule has 0 bridgehead atoms. The van der Waals surface area contributed by atoms with Crippen molar-refractivity contribution >= 4 is 18.0 Å². The Morgan fingerprint density at radius 2 is 2.00 bits per heavy atom. The lowest BCUT2D eigenvalue weighted by molar-refractivity contribution is -0.158. The molecule has 2 aliphatic rings. The minimum absolute atomic E-state index is 0.0225. The number of allylic oxidation sites excluding steroid dienone is 1. The Balaban J connectivity index is 1.46. The van der Waals surface area contributed by atoms with Crippen LogP contribution >= 0.6 is 0 Å². The van der Waals surface area contributed by atoms with Crippen molar-refractivity contribution in [3.05, 3.63) is 77.9 Å². The van der Waals surface area contributed by atoms with E-state index in [0.29, 0.717) is 11.3 Å².